The summed E-state index contributed by atoms with van der Waals surface area (Å²) in [6.45, 7) is 9.39. The minimum Gasteiger partial charge on any atom is -0.358 e. The molecule has 86 valence electrons. The lowest BCUT2D eigenvalue weighted by atomic mass is 9.85. The van der Waals surface area contributed by atoms with Crippen molar-refractivity contribution in [2.75, 3.05) is 11.9 Å². The Hall–Kier alpha value is -0.610. The van der Waals surface area contributed by atoms with Crippen molar-refractivity contribution in [3.63, 3.8) is 0 Å². The Bertz CT molecular complexity index is 301. The summed E-state index contributed by atoms with van der Waals surface area (Å²) in [4.78, 5) is 4.41. The van der Waals surface area contributed by atoms with Crippen LogP contribution < -0.4 is 11.1 Å². The molecule has 1 unspecified atom stereocenters. The number of aromatic nitrogens is 1. The van der Waals surface area contributed by atoms with E-state index in [2.05, 4.69) is 36.5 Å². The summed E-state index contributed by atoms with van der Waals surface area (Å²) < 4.78 is 0. The molecule has 0 spiro atoms. The number of anilines is 1. The smallest absolute Gasteiger partial charge is 0.183 e. The second-order valence-corrected chi connectivity index (χ2v) is 5.79. The Labute approximate surface area is 96.1 Å². The maximum absolute atomic E-state index is 5.63. The molecule has 0 saturated heterocycles. The molecule has 0 aliphatic heterocycles. The average Bonchev–Trinajstić information content (AvgIpc) is 2.49. The van der Waals surface area contributed by atoms with Crippen LogP contribution in [0.1, 0.15) is 32.9 Å². The van der Waals surface area contributed by atoms with Gasteiger partial charge in [-0.05, 0) is 25.3 Å². The predicted molar refractivity (Wildman–Crippen MR) is 67.4 cm³/mol. The molecule has 1 rings (SSSR count). The summed E-state index contributed by atoms with van der Waals surface area (Å²) in [6.07, 6.45) is 0.974. The van der Waals surface area contributed by atoms with E-state index < -0.39 is 0 Å². The van der Waals surface area contributed by atoms with Crippen molar-refractivity contribution in [3.05, 3.63) is 11.1 Å². The highest BCUT2D eigenvalue weighted by Gasteiger charge is 2.24. The lowest BCUT2D eigenvalue weighted by Crippen LogP contribution is -2.35. The summed E-state index contributed by atoms with van der Waals surface area (Å²) in [7, 11) is 0. The van der Waals surface area contributed by atoms with Crippen LogP contribution in [0, 0.1) is 12.3 Å². The van der Waals surface area contributed by atoms with Gasteiger partial charge in [0.05, 0.1) is 5.69 Å². The maximum Gasteiger partial charge on any atom is 0.183 e. The van der Waals surface area contributed by atoms with Crippen LogP contribution in [0.15, 0.2) is 5.38 Å². The van der Waals surface area contributed by atoms with E-state index >= 15 is 0 Å². The zero-order valence-corrected chi connectivity index (χ0v) is 10.8. The highest BCUT2D eigenvalue weighted by atomic mass is 32.1. The molecule has 0 saturated carbocycles. The number of nitrogens with two attached hydrogens (primary N) is 1. The Kier molecular flexibility index (Phi) is 4.11. The number of hydrogen-bond acceptors (Lipinski definition) is 4. The third kappa shape index (κ3) is 3.80. The van der Waals surface area contributed by atoms with E-state index in [9.17, 15) is 0 Å². The van der Waals surface area contributed by atoms with E-state index in [0.29, 0.717) is 12.6 Å². The standard InChI is InChI=1S/C11H21N3S/c1-8-7-15-10(13-8)14-9(5-6-12)11(2,3)4/h7,9H,5-6,12H2,1-4H3,(H,13,14). The zero-order valence-electron chi connectivity index (χ0n) is 10.0. The van der Waals surface area contributed by atoms with Gasteiger partial charge < -0.3 is 11.1 Å². The fraction of sp³-hybridized carbons (Fsp3) is 0.727. The van der Waals surface area contributed by atoms with E-state index in [4.69, 9.17) is 5.73 Å². The van der Waals surface area contributed by atoms with Crippen LogP contribution in [0.2, 0.25) is 0 Å². The summed E-state index contributed by atoms with van der Waals surface area (Å²) >= 11 is 1.66. The van der Waals surface area contributed by atoms with Gasteiger partial charge in [0.15, 0.2) is 5.13 Å². The normalized spacial score (nSPS) is 13.9. The van der Waals surface area contributed by atoms with E-state index in [1.165, 1.54) is 0 Å². The lowest BCUT2D eigenvalue weighted by Gasteiger charge is -2.31. The van der Waals surface area contributed by atoms with Crippen molar-refractivity contribution in [1.29, 1.82) is 0 Å². The molecule has 4 heteroatoms. The quantitative estimate of drug-likeness (QED) is 0.831. The van der Waals surface area contributed by atoms with Crippen molar-refractivity contribution >= 4 is 16.5 Å². The Balaban J connectivity index is 2.66. The van der Waals surface area contributed by atoms with Gasteiger partial charge in [0.25, 0.3) is 0 Å². The third-order valence-electron chi connectivity index (χ3n) is 2.42. The molecule has 0 radical (unpaired) electrons. The van der Waals surface area contributed by atoms with Gasteiger partial charge in [-0.1, -0.05) is 20.8 Å². The summed E-state index contributed by atoms with van der Waals surface area (Å²) in [5, 5.41) is 6.53. The fourth-order valence-corrected chi connectivity index (χ4v) is 2.20. The van der Waals surface area contributed by atoms with Gasteiger partial charge in [-0.15, -0.1) is 11.3 Å². The van der Waals surface area contributed by atoms with Gasteiger partial charge >= 0.3 is 0 Å². The van der Waals surface area contributed by atoms with Crippen LogP contribution in [0.4, 0.5) is 5.13 Å². The molecular formula is C11H21N3S. The highest BCUT2D eigenvalue weighted by Crippen LogP contribution is 2.26. The Morgan fingerprint density at radius 1 is 1.53 bits per heavy atom. The van der Waals surface area contributed by atoms with Crippen LogP contribution in [0.25, 0.3) is 0 Å². The van der Waals surface area contributed by atoms with Gasteiger partial charge in [0.1, 0.15) is 0 Å². The van der Waals surface area contributed by atoms with Gasteiger partial charge in [0, 0.05) is 11.4 Å². The second-order valence-electron chi connectivity index (χ2n) is 4.93. The van der Waals surface area contributed by atoms with E-state index in [1.54, 1.807) is 11.3 Å². The molecule has 15 heavy (non-hydrogen) atoms. The van der Waals surface area contributed by atoms with Gasteiger partial charge in [-0.3, -0.25) is 0 Å². The number of rotatable bonds is 4. The first-order valence-electron chi connectivity index (χ1n) is 5.32. The largest absolute Gasteiger partial charge is 0.358 e. The second kappa shape index (κ2) is 4.94. The maximum atomic E-state index is 5.63. The zero-order chi connectivity index (χ0) is 11.5. The Morgan fingerprint density at radius 3 is 2.60 bits per heavy atom. The van der Waals surface area contributed by atoms with Crippen LogP contribution >= 0.6 is 11.3 Å². The molecule has 0 bridgehead atoms. The number of aryl methyl sites for hydroxylation is 1. The van der Waals surface area contributed by atoms with E-state index in [-0.39, 0.29) is 5.41 Å². The van der Waals surface area contributed by atoms with Crippen molar-refractivity contribution in [2.45, 2.75) is 40.2 Å². The Morgan fingerprint density at radius 2 is 2.20 bits per heavy atom. The van der Waals surface area contributed by atoms with Gasteiger partial charge in [-0.2, -0.15) is 0 Å². The first kappa shape index (κ1) is 12.5. The van der Waals surface area contributed by atoms with Crippen LogP contribution in [-0.4, -0.2) is 17.6 Å². The van der Waals surface area contributed by atoms with Crippen LogP contribution in [0.3, 0.4) is 0 Å². The molecule has 1 heterocycles. The topological polar surface area (TPSA) is 50.9 Å². The highest BCUT2D eigenvalue weighted by molar-refractivity contribution is 7.13. The number of nitrogens with one attached hydrogen (secondary N) is 1. The van der Waals surface area contributed by atoms with Gasteiger partial charge in [0.2, 0.25) is 0 Å². The van der Waals surface area contributed by atoms with Crippen LogP contribution in [-0.2, 0) is 0 Å². The third-order valence-corrected chi connectivity index (χ3v) is 3.31. The monoisotopic (exact) mass is 227 g/mol. The minimum absolute atomic E-state index is 0.207. The van der Waals surface area contributed by atoms with Crippen molar-refractivity contribution in [1.82, 2.24) is 4.98 Å². The molecule has 0 fully saturated rings. The molecule has 1 atom stereocenters. The predicted octanol–water partition coefficient (Wildman–Crippen LogP) is 2.63. The first-order chi connectivity index (χ1) is 6.93. The molecule has 0 aliphatic carbocycles. The van der Waals surface area contributed by atoms with E-state index in [0.717, 1.165) is 17.2 Å². The van der Waals surface area contributed by atoms with Gasteiger partial charge in [-0.25, -0.2) is 4.98 Å². The first-order valence-corrected chi connectivity index (χ1v) is 6.20. The van der Waals surface area contributed by atoms with Crippen molar-refractivity contribution in [3.8, 4) is 0 Å². The molecule has 0 aliphatic rings. The molecule has 0 aromatic carbocycles. The summed E-state index contributed by atoms with van der Waals surface area (Å²) in [6, 6.07) is 0.382. The molecule has 1 aromatic heterocycles. The average molecular weight is 227 g/mol. The van der Waals surface area contributed by atoms with Crippen LogP contribution in [0.5, 0.6) is 0 Å². The summed E-state index contributed by atoms with van der Waals surface area (Å²) in [5.74, 6) is 0. The molecule has 3 N–H and O–H groups in total. The van der Waals surface area contributed by atoms with Crippen molar-refractivity contribution < 1.29 is 0 Å². The number of hydrogen-bond donors (Lipinski definition) is 2. The molecule has 0 amide bonds. The van der Waals surface area contributed by atoms with Crippen molar-refractivity contribution in [2.24, 2.45) is 11.1 Å². The molecule has 1 aromatic rings. The number of thiazole rings is 1. The minimum atomic E-state index is 0.207. The fourth-order valence-electron chi connectivity index (χ4n) is 1.46. The van der Waals surface area contributed by atoms with E-state index in [1.807, 2.05) is 6.92 Å². The summed E-state index contributed by atoms with van der Waals surface area (Å²) in [5.41, 5.74) is 6.91. The molecular weight excluding hydrogens is 206 g/mol. The SMILES string of the molecule is Cc1csc(NC(CCN)C(C)(C)C)n1. The lowest BCUT2D eigenvalue weighted by molar-refractivity contribution is 0.328. The molecule has 3 nitrogen and oxygen atoms in total. The number of nitrogens with zero attached hydrogens (tertiary/aromatic N) is 1.